The molecule has 15 heavy (non-hydrogen) atoms. The number of imidazole rings is 1. The van der Waals surface area contributed by atoms with Gasteiger partial charge < -0.3 is 4.57 Å². The highest BCUT2D eigenvalue weighted by Gasteiger charge is 2.19. The number of hydrogen-bond donors (Lipinski definition) is 0. The largest absolute Gasteiger partial charge is 0.318 e. The van der Waals surface area contributed by atoms with E-state index >= 15 is 0 Å². The van der Waals surface area contributed by atoms with Gasteiger partial charge in [-0.2, -0.15) is 0 Å². The molecule has 0 aliphatic heterocycles. The van der Waals surface area contributed by atoms with E-state index in [1.54, 1.807) is 6.33 Å². The number of aryl methyl sites for hydroxylation is 1. The molecule has 0 aromatic carbocycles. The van der Waals surface area contributed by atoms with E-state index in [1.165, 1.54) is 5.56 Å². The summed E-state index contributed by atoms with van der Waals surface area (Å²) in [4.78, 5) is 8.78. The van der Waals surface area contributed by atoms with Gasteiger partial charge in [0.2, 0.25) is 0 Å². The molecule has 3 nitrogen and oxygen atoms in total. The predicted molar refractivity (Wildman–Crippen MR) is 61.8 cm³/mol. The van der Waals surface area contributed by atoms with Gasteiger partial charge in [-0.3, -0.25) is 0 Å². The van der Waals surface area contributed by atoms with Crippen molar-refractivity contribution < 1.29 is 0 Å². The minimum absolute atomic E-state index is 0.179. The lowest BCUT2D eigenvalue weighted by molar-refractivity contribution is 0.505. The van der Waals surface area contributed by atoms with Gasteiger partial charge in [0.05, 0.1) is 6.33 Å². The lowest BCUT2D eigenvalue weighted by Gasteiger charge is -2.22. The maximum Gasteiger partial charge on any atom is 0.159 e. The van der Waals surface area contributed by atoms with Gasteiger partial charge in [0, 0.05) is 13.2 Å². The van der Waals surface area contributed by atoms with Gasteiger partial charge in [-0.25, -0.2) is 9.97 Å². The van der Waals surface area contributed by atoms with E-state index < -0.39 is 0 Å². The summed E-state index contributed by atoms with van der Waals surface area (Å²) >= 11 is 0. The Labute approximate surface area is 90.2 Å². The molecule has 2 aromatic rings. The summed E-state index contributed by atoms with van der Waals surface area (Å²) in [5.74, 6) is 0. The van der Waals surface area contributed by atoms with Crippen LogP contribution in [0.15, 0.2) is 18.6 Å². The third kappa shape index (κ3) is 1.62. The second-order valence-corrected chi connectivity index (χ2v) is 4.66. The van der Waals surface area contributed by atoms with Gasteiger partial charge in [-0.05, 0) is 23.5 Å². The zero-order chi connectivity index (χ0) is 11.1. The Hall–Kier alpha value is -1.38. The molecule has 0 atom stereocenters. The summed E-state index contributed by atoms with van der Waals surface area (Å²) < 4.78 is 1.94. The molecule has 0 spiro atoms. The summed E-state index contributed by atoms with van der Waals surface area (Å²) in [7, 11) is 1.97. The van der Waals surface area contributed by atoms with Crippen molar-refractivity contribution in [1.82, 2.24) is 14.5 Å². The summed E-state index contributed by atoms with van der Waals surface area (Å²) in [5, 5.41) is 0. The lowest BCUT2D eigenvalue weighted by atomic mass is 9.83. The molecule has 0 saturated carbocycles. The highest BCUT2D eigenvalue weighted by molar-refractivity contribution is 5.71. The van der Waals surface area contributed by atoms with Gasteiger partial charge in [0.1, 0.15) is 5.52 Å². The summed E-state index contributed by atoms with van der Waals surface area (Å²) in [5.41, 5.74) is 3.37. The van der Waals surface area contributed by atoms with E-state index in [0.717, 1.165) is 17.6 Å². The van der Waals surface area contributed by atoms with Gasteiger partial charge >= 0.3 is 0 Å². The van der Waals surface area contributed by atoms with Crippen LogP contribution in [0.2, 0.25) is 0 Å². The quantitative estimate of drug-likeness (QED) is 0.751. The third-order valence-corrected chi connectivity index (χ3v) is 3.22. The Balaban J connectivity index is 2.57. The molecule has 2 aromatic heterocycles. The average Bonchev–Trinajstić information content (AvgIpc) is 2.60. The number of pyridine rings is 1. The molecule has 80 valence electrons. The highest BCUT2D eigenvalue weighted by Crippen LogP contribution is 2.27. The zero-order valence-electron chi connectivity index (χ0n) is 9.78. The Morgan fingerprint density at radius 2 is 2.07 bits per heavy atom. The molecule has 2 rings (SSSR count). The van der Waals surface area contributed by atoms with E-state index in [1.807, 2.05) is 17.8 Å². The van der Waals surface area contributed by atoms with E-state index in [4.69, 9.17) is 0 Å². The van der Waals surface area contributed by atoms with Crippen LogP contribution < -0.4 is 0 Å². The average molecular weight is 203 g/mol. The molecular weight excluding hydrogens is 186 g/mol. The first-order valence-electron chi connectivity index (χ1n) is 5.32. The molecule has 0 bridgehead atoms. The highest BCUT2D eigenvalue weighted by atomic mass is 15.1. The maximum absolute atomic E-state index is 4.46. The monoisotopic (exact) mass is 203 g/mol. The minimum Gasteiger partial charge on any atom is -0.318 e. The van der Waals surface area contributed by atoms with Crippen molar-refractivity contribution >= 4 is 11.2 Å². The lowest BCUT2D eigenvalue weighted by Crippen LogP contribution is -2.15. The zero-order valence-corrected chi connectivity index (χ0v) is 9.78. The molecule has 0 aliphatic carbocycles. The fourth-order valence-corrected chi connectivity index (χ4v) is 1.59. The molecular formula is C12H17N3. The molecule has 0 unspecified atom stereocenters. The molecule has 0 fully saturated rings. The van der Waals surface area contributed by atoms with Crippen LogP contribution in [-0.2, 0) is 12.5 Å². The van der Waals surface area contributed by atoms with Crippen molar-refractivity contribution in [3.05, 3.63) is 24.2 Å². The van der Waals surface area contributed by atoms with E-state index in [2.05, 4.69) is 36.8 Å². The fourth-order valence-electron chi connectivity index (χ4n) is 1.59. The van der Waals surface area contributed by atoms with Crippen LogP contribution in [0.25, 0.3) is 11.2 Å². The fraction of sp³-hybridized carbons (Fsp3) is 0.500. The van der Waals surface area contributed by atoms with Gasteiger partial charge in [-0.15, -0.1) is 0 Å². The Kier molecular flexibility index (Phi) is 2.25. The molecule has 0 amide bonds. The van der Waals surface area contributed by atoms with E-state index in [0.29, 0.717) is 0 Å². The van der Waals surface area contributed by atoms with Crippen LogP contribution in [-0.4, -0.2) is 14.5 Å². The van der Waals surface area contributed by atoms with Crippen LogP contribution in [0.5, 0.6) is 0 Å². The first-order valence-corrected chi connectivity index (χ1v) is 5.32. The molecule has 0 radical (unpaired) electrons. The Morgan fingerprint density at radius 1 is 1.33 bits per heavy atom. The first kappa shape index (κ1) is 10.1. The van der Waals surface area contributed by atoms with Crippen LogP contribution in [0.3, 0.4) is 0 Å². The predicted octanol–water partition coefficient (Wildman–Crippen LogP) is 2.66. The number of aromatic nitrogens is 3. The second-order valence-electron chi connectivity index (χ2n) is 4.66. The first-order chi connectivity index (χ1) is 7.04. The number of hydrogen-bond acceptors (Lipinski definition) is 2. The van der Waals surface area contributed by atoms with E-state index in [9.17, 15) is 0 Å². The second kappa shape index (κ2) is 3.33. The van der Waals surface area contributed by atoms with Gasteiger partial charge in [0.25, 0.3) is 0 Å². The van der Waals surface area contributed by atoms with Crippen LogP contribution in [0.1, 0.15) is 32.8 Å². The van der Waals surface area contributed by atoms with Crippen LogP contribution >= 0.6 is 0 Å². The van der Waals surface area contributed by atoms with E-state index in [-0.39, 0.29) is 5.41 Å². The Morgan fingerprint density at radius 3 is 2.73 bits per heavy atom. The van der Waals surface area contributed by atoms with Gasteiger partial charge in [-0.1, -0.05) is 20.8 Å². The SMILES string of the molecule is CCC(C)(C)c1cnc2c(c1)ncn2C. The molecule has 3 heteroatoms. The minimum atomic E-state index is 0.179. The summed E-state index contributed by atoms with van der Waals surface area (Å²) in [6.45, 7) is 6.67. The summed E-state index contributed by atoms with van der Waals surface area (Å²) in [6, 6.07) is 2.14. The standard InChI is InChI=1S/C12H17N3/c1-5-12(2,3)9-6-10-11(13-7-9)15(4)8-14-10/h6-8H,5H2,1-4H3. The maximum atomic E-state index is 4.46. The van der Waals surface area contributed by atoms with Crippen molar-refractivity contribution in [1.29, 1.82) is 0 Å². The number of fused-ring (bicyclic) bond motifs is 1. The normalized spacial score (nSPS) is 12.3. The van der Waals surface area contributed by atoms with Crippen molar-refractivity contribution in [3.8, 4) is 0 Å². The van der Waals surface area contributed by atoms with Crippen molar-refractivity contribution in [2.45, 2.75) is 32.6 Å². The molecule has 2 heterocycles. The van der Waals surface area contributed by atoms with Crippen molar-refractivity contribution in [3.63, 3.8) is 0 Å². The van der Waals surface area contributed by atoms with Crippen molar-refractivity contribution in [2.75, 3.05) is 0 Å². The number of rotatable bonds is 2. The van der Waals surface area contributed by atoms with Gasteiger partial charge in [0.15, 0.2) is 5.65 Å². The molecule has 0 aliphatic rings. The molecule has 0 saturated heterocycles. The number of nitrogens with zero attached hydrogens (tertiary/aromatic N) is 3. The Bertz CT molecular complexity index is 483. The summed E-state index contributed by atoms with van der Waals surface area (Å²) in [6.07, 6.45) is 4.88. The van der Waals surface area contributed by atoms with Crippen LogP contribution in [0.4, 0.5) is 0 Å². The van der Waals surface area contributed by atoms with Crippen molar-refractivity contribution in [2.24, 2.45) is 7.05 Å². The third-order valence-electron chi connectivity index (χ3n) is 3.22. The van der Waals surface area contributed by atoms with Crippen LogP contribution in [0, 0.1) is 0 Å². The smallest absolute Gasteiger partial charge is 0.159 e. The topological polar surface area (TPSA) is 30.7 Å². The molecule has 0 N–H and O–H groups in total.